The Morgan fingerprint density at radius 1 is 1.35 bits per heavy atom. The second-order valence-electron chi connectivity index (χ2n) is 6.23. The average Bonchev–Trinajstić information content (AvgIpc) is 2.98. The van der Waals surface area contributed by atoms with E-state index in [0.29, 0.717) is 6.42 Å². The van der Waals surface area contributed by atoms with E-state index in [9.17, 15) is 4.79 Å². The number of anilines is 1. The van der Waals surface area contributed by atoms with Crippen LogP contribution in [0.5, 0.6) is 5.75 Å². The lowest BCUT2D eigenvalue weighted by Gasteiger charge is -2.24. The highest BCUT2D eigenvalue weighted by atomic mass is 16.5. The molecule has 5 nitrogen and oxygen atoms in total. The molecule has 2 aliphatic heterocycles. The average molecular weight is 309 g/mol. The number of para-hydroxylation sites is 1. The summed E-state index contributed by atoms with van der Waals surface area (Å²) in [5.74, 6) is 0.685. The molecule has 4 rings (SSSR count). The molecule has 0 saturated carbocycles. The Morgan fingerprint density at radius 3 is 3.09 bits per heavy atom. The standard InChI is InChI=1S/C18H19N3O2/c1-21-7-6-15-13(11-21)8-14(10-19-15)20-18(22)17-9-12-4-2-3-5-16(12)23-17/h2-5,8,10,17H,6-7,9,11H2,1H3,(H,20,22). The summed E-state index contributed by atoms with van der Waals surface area (Å²) in [6.45, 7) is 1.90. The molecule has 3 heterocycles. The van der Waals surface area contributed by atoms with Crippen molar-refractivity contribution in [1.29, 1.82) is 0 Å². The first-order chi connectivity index (χ1) is 11.2. The number of pyridine rings is 1. The van der Waals surface area contributed by atoms with Crippen molar-refractivity contribution in [3.8, 4) is 5.75 Å². The number of hydrogen-bond acceptors (Lipinski definition) is 4. The van der Waals surface area contributed by atoms with Crippen molar-refractivity contribution in [2.24, 2.45) is 0 Å². The van der Waals surface area contributed by atoms with Crippen molar-refractivity contribution < 1.29 is 9.53 Å². The third-order valence-corrected chi connectivity index (χ3v) is 4.44. The molecule has 0 spiro atoms. The third-order valence-electron chi connectivity index (χ3n) is 4.44. The van der Waals surface area contributed by atoms with Crippen LogP contribution in [0.15, 0.2) is 36.5 Å². The molecule has 1 aromatic heterocycles. The fraction of sp³-hybridized carbons (Fsp3) is 0.333. The lowest BCUT2D eigenvalue weighted by atomic mass is 10.1. The summed E-state index contributed by atoms with van der Waals surface area (Å²) in [6, 6.07) is 9.81. The number of benzene rings is 1. The van der Waals surface area contributed by atoms with Crippen LogP contribution in [0.4, 0.5) is 5.69 Å². The Bertz CT molecular complexity index is 735. The molecule has 5 heteroatoms. The summed E-state index contributed by atoms with van der Waals surface area (Å²) >= 11 is 0. The number of nitrogens with zero attached hydrogens (tertiary/aromatic N) is 2. The SMILES string of the molecule is CN1CCc2ncc(NC(=O)C3Cc4ccccc4O3)cc2C1. The molecule has 2 aromatic rings. The van der Waals surface area contributed by atoms with Gasteiger partial charge in [-0.1, -0.05) is 18.2 Å². The Labute approximate surface area is 135 Å². The van der Waals surface area contributed by atoms with Gasteiger partial charge >= 0.3 is 0 Å². The monoisotopic (exact) mass is 309 g/mol. The van der Waals surface area contributed by atoms with Gasteiger partial charge in [0.25, 0.3) is 5.91 Å². The zero-order valence-electron chi connectivity index (χ0n) is 13.1. The predicted octanol–water partition coefficient (Wildman–Crippen LogP) is 2.01. The molecule has 0 fully saturated rings. The fourth-order valence-corrected chi connectivity index (χ4v) is 3.19. The van der Waals surface area contributed by atoms with Crippen molar-refractivity contribution in [2.75, 3.05) is 18.9 Å². The summed E-state index contributed by atoms with van der Waals surface area (Å²) in [5.41, 5.74) is 4.14. The highest BCUT2D eigenvalue weighted by Gasteiger charge is 2.29. The van der Waals surface area contributed by atoms with Crippen molar-refractivity contribution in [3.05, 3.63) is 53.3 Å². The van der Waals surface area contributed by atoms with E-state index in [4.69, 9.17) is 4.74 Å². The smallest absolute Gasteiger partial charge is 0.265 e. The number of fused-ring (bicyclic) bond motifs is 2. The number of carbonyl (C=O) groups is 1. The molecular weight excluding hydrogens is 290 g/mol. The van der Waals surface area contributed by atoms with Crippen molar-refractivity contribution in [3.63, 3.8) is 0 Å². The number of aromatic nitrogens is 1. The van der Waals surface area contributed by atoms with Gasteiger partial charge in [-0.25, -0.2) is 0 Å². The van der Waals surface area contributed by atoms with Crippen LogP contribution in [0.3, 0.4) is 0 Å². The first-order valence-electron chi connectivity index (χ1n) is 7.91. The minimum Gasteiger partial charge on any atom is -0.480 e. The third kappa shape index (κ3) is 2.80. The van der Waals surface area contributed by atoms with E-state index in [2.05, 4.69) is 22.2 Å². The van der Waals surface area contributed by atoms with Gasteiger partial charge in [-0.3, -0.25) is 9.78 Å². The van der Waals surface area contributed by atoms with Crippen LogP contribution in [0.1, 0.15) is 16.8 Å². The van der Waals surface area contributed by atoms with Crippen molar-refractivity contribution >= 4 is 11.6 Å². The Balaban J connectivity index is 1.47. The maximum Gasteiger partial charge on any atom is 0.265 e. The topological polar surface area (TPSA) is 54.5 Å². The summed E-state index contributed by atoms with van der Waals surface area (Å²) in [4.78, 5) is 19.2. The molecule has 2 aliphatic rings. The fourth-order valence-electron chi connectivity index (χ4n) is 3.19. The number of nitrogens with one attached hydrogen (secondary N) is 1. The van der Waals surface area contributed by atoms with E-state index in [1.807, 2.05) is 30.3 Å². The maximum absolute atomic E-state index is 12.4. The molecule has 0 bridgehead atoms. The van der Waals surface area contributed by atoms with E-state index < -0.39 is 6.10 Å². The Kier molecular flexibility index (Phi) is 3.50. The highest BCUT2D eigenvalue weighted by molar-refractivity contribution is 5.95. The van der Waals surface area contributed by atoms with Gasteiger partial charge in [-0.05, 0) is 30.3 Å². The number of hydrogen-bond donors (Lipinski definition) is 1. The molecule has 1 N–H and O–H groups in total. The first-order valence-corrected chi connectivity index (χ1v) is 7.91. The lowest BCUT2D eigenvalue weighted by molar-refractivity contribution is -0.122. The first kappa shape index (κ1) is 14.2. The van der Waals surface area contributed by atoms with Crippen LogP contribution < -0.4 is 10.1 Å². The molecule has 0 radical (unpaired) electrons. The zero-order chi connectivity index (χ0) is 15.8. The minimum absolute atomic E-state index is 0.118. The number of amides is 1. The Morgan fingerprint density at radius 2 is 2.22 bits per heavy atom. The van der Waals surface area contributed by atoms with E-state index in [0.717, 1.165) is 42.2 Å². The van der Waals surface area contributed by atoms with Crippen molar-refractivity contribution in [2.45, 2.75) is 25.5 Å². The zero-order valence-corrected chi connectivity index (χ0v) is 13.1. The number of carbonyl (C=O) groups excluding carboxylic acids is 1. The summed E-state index contributed by atoms with van der Waals surface area (Å²) in [7, 11) is 2.10. The van der Waals surface area contributed by atoms with Crippen LogP contribution >= 0.6 is 0 Å². The predicted molar refractivity (Wildman–Crippen MR) is 87.5 cm³/mol. The van der Waals surface area contributed by atoms with Gasteiger partial charge in [-0.15, -0.1) is 0 Å². The largest absolute Gasteiger partial charge is 0.480 e. The molecular formula is C18H19N3O2. The molecule has 0 saturated heterocycles. The highest BCUT2D eigenvalue weighted by Crippen LogP contribution is 2.29. The van der Waals surface area contributed by atoms with Crippen molar-refractivity contribution in [1.82, 2.24) is 9.88 Å². The molecule has 1 unspecified atom stereocenters. The summed E-state index contributed by atoms with van der Waals surface area (Å²) in [5, 5.41) is 2.94. The van der Waals surface area contributed by atoms with E-state index >= 15 is 0 Å². The molecule has 1 amide bonds. The van der Waals surface area contributed by atoms with E-state index in [1.165, 1.54) is 5.56 Å². The van der Waals surface area contributed by atoms with Gasteiger partial charge in [0.05, 0.1) is 11.9 Å². The van der Waals surface area contributed by atoms with Crippen LogP contribution in [0.2, 0.25) is 0 Å². The maximum atomic E-state index is 12.4. The second kappa shape index (κ2) is 5.66. The van der Waals surface area contributed by atoms with E-state index in [1.54, 1.807) is 6.20 Å². The van der Waals surface area contributed by atoms with Gasteiger partial charge in [0, 0.05) is 31.6 Å². The van der Waals surface area contributed by atoms with Gasteiger partial charge in [0.2, 0.25) is 0 Å². The van der Waals surface area contributed by atoms with Crippen LogP contribution in [-0.2, 0) is 24.2 Å². The van der Waals surface area contributed by atoms with Crippen LogP contribution in [0, 0.1) is 0 Å². The number of ether oxygens (including phenoxy) is 1. The van der Waals surface area contributed by atoms with Gasteiger partial charge in [-0.2, -0.15) is 0 Å². The quantitative estimate of drug-likeness (QED) is 0.922. The lowest BCUT2D eigenvalue weighted by Crippen LogP contribution is -2.32. The molecule has 0 aliphatic carbocycles. The summed E-state index contributed by atoms with van der Waals surface area (Å²) < 4.78 is 5.73. The number of rotatable bonds is 2. The molecule has 118 valence electrons. The van der Waals surface area contributed by atoms with Crippen LogP contribution in [0.25, 0.3) is 0 Å². The molecule has 23 heavy (non-hydrogen) atoms. The van der Waals surface area contributed by atoms with Gasteiger partial charge in [0.1, 0.15) is 5.75 Å². The molecule has 1 atom stereocenters. The van der Waals surface area contributed by atoms with E-state index in [-0.39, 0.29) is 5.91 Å². The summed E-state index contributed by atoms with van der Waals surface area (Å²) in [6.07, 6.45) is 2.85. The second-order valence-corrected chi connectivity index (χ2v) is 6.23. The van der Waals surface area contributed by atoms with Crippen LogP contribution in [-0.4, -0.2) is 35.5 Å². The molecule has 1 aromatic carbocycles. The van der Waals surface area contributed by atoms with Gasteiger partial charge < -0.3 is 15.0 Å². The normalized spacial score (nSPS) is 19.6. The van der Waals surface area contributed by atoms with Gasteiger partial charge in [0.15, 0.2) is 6.10 Å². The number of likely N-dealkylation sites (N-methyl/N-ethyl adjacent to an activating group) is 1. The Hall–Kier alpha value is -2.40. The minimum atomic E-state index is -0.467.